The second-order valence-electron chi connectivity index (χ2n) is 5.53. The Hall–Kier alpha value is -3.35. The largest absolute Gasteiger partial charge is 0.494 e. The molecule has 0 bridgehead atoms. The number of rotatable bonds is 7. The normalized spacial score (nSPS) is 11.7. The van der Waals surface area contributed by atoms with Crippen molar-refractivity contribution in [3.8, 4) is 11.5 Å². The first-order valence-corrected chi connectivity index (χ1v) is 8.41. The summed E-state index contributed by atoms with van der Waals surface area (Å²) in [4.78, 5) is 23.7. The maximum atomic E-state index is 13.1. The Kier molecular flexibility index (Phi) is 7.37. The van der Waals surface area contributed by atoms with E-state index in [2.05, 4.69) is 10.9 Å². The molecule has 2 rings (SSSR count). The summed E-state index contributed by atoms with van der Waals surface area (Å²) in [6, 6.07) is 12.6. The Morgan fingerprint density at radius 1 is 1.11 bits per heavy atom. The Morgan fingerprint density at radius 3 is 2.48 bits per heavy atom. The Labute approximate surface area is 157 Å². The third kappa shape index (κ3) is 6.81. The molecule has 1 atom stereocenters. The van der Waals surface area contributed by atoms with Crippen LogP contribution in [0.5, 0.6) is 11.5 Å². The molecule has 7 heteroatoms. The van der Waals surface area contributed by atoms with E-state index in [1.165, 1.54) is 30.4 Å². The van der Waals surface area contributed by atoms with Crippen LogP contribution in [-0.2, 0) is 9.59 Å². The van der Waals surface area contributed by atoms with Gasteiger partial charge in [-0.1, -0.05) is 12.1 Å². The van der Waals surface area contributed by atoms with Crippen molar-refractivity contribution in [3.05, 3.63) is 66.0 Å². The summed E-state index contributed by atoms with van der Waals surface area (Å²) >= 11 is 0. The van der Waals surface area contributed by atoms with Gasteiger partial charge in [-0.05, 0) is 61.9 Å². The fraction of sp³-hybridized carbons (Fsp3) is 0.200. The van der Waals surface area contributed by atoms with Gasteiger partial charge in [0.15, 0.2) is 6.10 Å². The molecule has 0 aromatic heterocycles. The maximum Gasteiger partial charge on any atom is 0.279 e. The monoisotopic (exact) mass is 372 g/mol. The van der Waals surface area contributed by atoms with Crippen LogP contribution in [0.3, 0.4) is 0 Å². The summed E-state index contributed by atoms with van der Waals surface area (Å²) in [5, 5.41) is 0. The highest BCUT2D eigenvalue weighted by Crippen LogP contribution is 2.18. The molecule has 0 fully saturated rings. The smallest absolute Gasteiger partial charge is 0.279 e. The van der Waals surface area contributed by atoms with Crippen LogP contribution in [0.2, 0.25) is 0 Å². The highest BCUT2D eigenvalue weighted by Gasteiger charge is 2.15. The van der Waals surface area contributed by atoms with E-state index in [0.717, 1.165) is 0 Å². The van der Waals surface area contributed by atoms with Crippen molar-refractivity contribution in [1.29, 1.82) is 0 Å². The minimum atomic E-state index is -0.824. The number of hydrogen-bond acceptors (Lipinski definition) is 4. The maximum absolute atomic E-state index is 13.1. The molecule has 0 aliphatic carbocycles. The summed E-state index contributed by atoms with van der Waals surface area (Å²) in [5.74, 6) is -0.263. The number of hydrogen-bond donors (Lipinski definition) is 2. The second-order valence-corrected chi connectivity index (χ2v) is 5.53. The molecule has 0 saturated carbocycles. The number of amides is 2. The van der Waals surface area contributed by atoms with Crippen molar-refractivity contribution in [2.24, 2.45) is 0 Å². The van der Waals surface area contributed by atoms with Gasteiger partial charge in [0.1, 0.15) is 17.3 Å². The standard InChI is InChI=1S/C20H21FN2O4/c1-3-26-17-8-10-18(11-9-17)27-14(2)20(25)23-22-19(24)12-7-15-5-4-6-16(21)13-15/h4-14H,3H2,1-2H3,(H,22,24)(H,23,25)/b12-7+/t14-/m0/s1. The fourth-order valence-corrected chi connectivity index (χ4v) is 2.09. The fourth-order valence-electron chi connectivity index (χ4n) is 2.09. The van der Waals surface area contributed by atoms with Crippen molar-refractivity contribution in [1.82, 2.24) is 10.9 Å². The van der Waals surface area contributed by atoms with Crippen LogP contribution in [0.1, 0.15) is 19.4 Å². The Morgan fingerprint density at radius 2 is 1.81 bits per heavy atom. The average Bonchev–Trinajstić information content (AvgIpc) is 2.66. The van der Waals surface area contributed by atoms with Crippen molar-refractivity contribution in [2.45, 2.75) is 20.0 Å². The summed E-state index contributed by atoms with van der Waals surface area (Å²) in [6.07, 6.45) is 1.80. The predicted molar refractivity (Wildman–Crippen MR) is 99.4 cm³/mol. The van der Waals surface area contributed by atoms with Crippen LogP contribution in [0, 0.1) is 5.82 Å². The van der Waals surface area contributed by atoms with Gasteiger partial charge in [-0.3, -0.25) is 20.4 Å². The molecule has 0 aliphatic rings. The van der Waals surface area contributed by atoms with E-state index in [4.69, 9.17) is 9.47 Å². The number of halogens is 1. The quantitative estimate of drug-likeness (QED) is 0.579. The van der Waals surface area contributed by atoms with Crippen LogP contribution in [0.25, 0.3) is 6.08 Å². The lowest BCUT2D eigenvalue weighted by molar-refractivity contribution is -0.131. The molecular formula is C20H21FN2O4. The van der Waals surface area contributed by atoms with Gasteiger partial charge in [0.25, 0.3) is 11.8 Å². The molecule has 0 unspecified atom stereocenters. The number of ether oxygens (including phenoxy) is 2. The lowest BCUT2D eigenvalue weighted by atomic mass is 10.2. The molecule has 2 amide bonds. The molecule has 2 aromatic rings. The molecule has 6 nitrogen and oxygen atoms in total. The van der Waals surface area contributed by atoms with E-state index in [9.17, 15) is 14.0 Å². The summed E-state index contributed by atoms with van der Waals surface area (Å²) in [5.41, 5.74) is 5.04. The molecule has 2 aromatic carbocycles. The minimum absolute atomic E-state index is 0.397. The van der Waals surface area contributed by atoms with E-state index in [0.29, 0.717) is 23.7 Å². The lowest BCUT2D eigenvalue weighted by Gasteiger charge is -2.15. The molecule has 0 spiro atoms. The highest BCUT2D eigenvalue weighted by atomic mass is 19.1. The first-order chi connectivity index (χ1) is 13.0. The lowest BCUT2D eigenvalue weighted by Crippen LogP contribution is -2.46. The number of nitrogens with one attached hydrogen (secondary N) is 2. The Balaban J connectivity index is 1.79. The predicted octanol–water partition coefficient (Wildman–Crippen LogP) is 2.85. The van der Waals surface area contributed by atoms with Gasteiger partial charge >= 0.3 is 0 Å². The number of carbonyl (C=O) groups is 2. The van der Waals surface area contributed by atoms with Crippen LogP contribution >= 0.6 is 0 Å². The Bertz CT molecular complexity index is 806. The van der Waals surface area contributed by atoms with E-state index in [1.807, 2.05) is 6.92 Å². The van der Waals surface area contributed by atoms with Gasteiger partial charge in [-0.2, -0.15) is 0 Å². The van der Waals surface area contributed by atoms with Gasteiger partial charge in [0.05, 0.1) is 6.61 Å². The number of benzene rings is 2. The van der Waals surface area contributed by atoms with Crippen molar-refractivity contribution in [3.63, 3.8) is 0 Å². The zero-order valence-corrected chi connectivity index (χ0v) is 15.1. The second kappa shape index (κ2) is 9.96. The topological polar surface area (TPSA) is 76.7 Å². The van der Waals surface area contributed by atoms with Crippen LogP contribution in [0.4, 0.5) is 4.39 Å². The van der Waals surface area contributed by atoms with E-state index in [1.54, 1.807) is 37.3 Å². The molecule has 2 N–H and O–H groups in total. The van der Waals surface area contributed by atoms with E-state index < -0.39 is 23.7 Å². The first-order valence-electron chi connectivity index (χ1n) is 8.41. The summed E-state index contributed by atoms with van der Waals surface area (Å²) in [6.45, 7) is 4.01. The van der Waals surface area contributed by atoms with E-state index >= 15 is 0 Å². The van der Waals surface area contributed by atoms with Gasteiger partial charge in [-0.25, -0.2) is 4.39 Å². The average molecular weight is 372 g/mol. The summed E-state index contributed by atoms with van der Waals surface area (Å²) < 4.78 is 23.9. The number of hydrazine groups is 1. The molecule has 0 saturated heterocycles. The van der Waals surface area contributed by atoms with Crippen LogP contribution in [0.15, 0.2) is 54.6 Å². The van der Waals surface area contributed by atoms with Crippen molar-refractivity contribution >= 4 is 17.9 Å². The van der Waals surface area contributed by atoms with Gasteiger partial charge in [0, 0.05) is 6.08 Å². The van der Waals surface area contributed by atoms with E-state index in [-0.39, 0.29) is 0 Å². The third-order valence-electron chi connectivity index (χ3n) is 3.40. The van der Waals surface area contributed by atoms with Gasteiger partial charge in [0.2, 0.25) is 0 Å². The number of carbonyl (C=O) groups excluding carboxylic acids is 2. The third-order valence-corrected chi connectivity index (χ3v) is 3.40. The highest BCUT2D eigenvalue weighted by molar-refractivity contribution is 5.93. The molecule has 142 valence electrons. The molecule has 0 heterocycles. The SMILES string of the molecule is CCOc1ccc(O[C@@H](C)C(=O)NNC(=O)/C=C/c2cccc(F)c2)cc1. The zero-order chi connectivity index (χ0) is 19.6. The zero-order valence-electron chi connectivity index (χ0n) is 15.1. The molecule has 0 aliphatic heterocycles. The molecule has 27 heavy (non-hydrogen) atoms. The molecular weight excluding hydrogens is 351 g/mol. The molecule has 0 radical (unpaired) electrons. The van der Waals surface area contributed by atoms with Crippen molar-refractivity contribution < 1.29 is 23.5 Å². The first kappa shape index (κ1) is 20.0. The van der Waals surface area contributed by atoms with Gasteiger partial charge in [-0.15, -0.1) is 0 Å². The van der Waals surface area contributed by atoms with Gasteiger partial charge < -0.3 is 9.47 Å². The van der Waals surface area contributed by atoms with Crippen LogP contribution < -0.4 is 20.3 Å². The van der Waals surface area contributed by atoms with Crippen LogP contribution in [-0.4, -0.2) is 24.5 Å². The summed E-state index contributed by atoms with van der Waals surface area (Å²) in [7, 11) is 0. The minimum Gasteiger partial charge on any atom is -0.494 e. The van der Waals surface area contributed by atoms with Crippen molar-refractivity contribution in [2.75, 3.05) is 6.61 Å².